The van der Waals surface area contributed by atoms with Gasteiger partial charge in [0, 0.05) is 50.1 Å². The summed E-state index contributed by atoms with van der Waals surface area (Å²) in [6.45, 7) is 27.4. The van der Waals surface area contributed by atoms with Crippen molar-refractivity contribution in [2.75, 3.05) is 79.3 Å². The van der Waals surface area contributed by atoms with Crippen LogP contribution in [0.1, 0.15) is 53.4 Å². The Labute approximate surface area is 287 Å². The quantitative estimate of drug-likeness (QED) is 0.0388. The SMILES string of the molecule is C=CCOCC(CC)CO[O-].C=CCOCC(CC)CO[O-].C=CCOCC(CC)CO[O-].C=CCOCC(CC)CO[O-].[Ti+4]. The Morgan fingerprint density at radius 3 is 0.689 bits per heavy atom. The van der Waals surface area contributed by atoms with E-state index in [0.29, 0.717) is 52.9 Å². The Morgan fingerprint density at radius 1 is 0.400 bits per heavy atom. The maximum absolute atomic E-state index is 9.76. The fourth-order valence-electron chi connectivity index (χ4n) is 2.79. The zero-order chi connectivity index (χ0) is 34.1. The molecular weight excluding hydrogens is 624 g/mol. The Kier molecular flexibility index (Phi) is 59.7. The van der Waals surface area contributed by atoms with Crippen LogP contribution in [-0.4, -0.2) is 79.3 Å². The molecule has 0 radical (unpaired) electrons. The molecule has 264 valence electrons. The smallest absolute Gasteiger partial charge is 0.723 e. The van der Waals surface area contributed by atoms with Crippen LogP contribution in [-0.2, 0) is 60.2 Å². The summed E-state index contributed by atoms with van der Waals surface area (Å²) in [4.78, 5) is 15.1. The van der Waals surface area contributed by atoms with E-state index >= 15 is 0 Å². The van der Waals surface area contributed by atoms with E-state index in [1.165, 1.54) is 0 Å². The largest absolute Gasteiger partial charge is 4.00 e. The minimum Gasteiger partial charge on any atom is -0.723 e. The van der Waals surface area contributed by atoms with E-state index in [9.17, 15) is 21.0 Å². The van der Waals surface area contributed by atoms with Gasteiger partial charge in [-0.1, -0.05) is 52.0 Å². The van der Waals surface area contributed by atoms with Gasteiger partial charge in [0.2, 0.25) is 0 Å². The van der Waals surface area contributed by atoms with Crippen molar-refractivity contribution in [3.8, 4) is 0 Å². The van der Waals surface area contributed by atoms with E-state index in [4.69, 9.17) is 18.9 Å². The monoisotopic (exact) mass is 684 g/mol. The summed E-state index contributed by atoms with van der Waals surface area (Å²) in [6, 6.07) is 0. The van der Waals surface area contributed by atoms with Crippen molar-refractivity contribution in [1.29, 1.82) is 0 Å². The molecule has 0 saturated heterocycles. The number of rotatable bonds is 28. The molecule has 45 heavy (non-hydrogen) atoms. The standard InChI is InChI=1S/4C8H16O3.Ti/c4*1-3-5-10-6-8(4-2)7-11-9;/h4*3,8-9H,1,4-7H2,2H3;/q;;;;+4/p-4. The third-order valence-electron chi connectivity index (χ3n) is 5.88. The van der Waals surface area contributed by atoms with Crippen molar-refractivity contribution in [3.63, 3.8) is 0 Å². The molecule has 0 amide bonds. The van der Waals surface area contributed by atoms with E-state index in [2.05, 4.69) is 45.9 Å². The molecule has 0 aromatic heterocycles. The molecule has 4 unspecified atom stereocenters. The molecule has 0 bridgehead atoms. The Hall–Kier alpha value is -0.806. The van der Waals surface area contributed by atoms with E-state index in [0.717, 1.165) is 25.7 Å². The third-order valence-corrected chi connectivity index (χ3v) is 5.88. The van der Waals surface area contributed by atoms with Crippen molar-refractivity contribution in [1.82, 2.24) is 0 Å². The van der Waals surface area contributed by atoms with Gasteiger partial charge in [-0.25, -0.2) is 0 Å². The van der Waals surface area contributed by atoms with Crippen molar-refractivity contribution in [2.45, 2.75) is 53.4 Å². The zero-order valence-electron chi connectivity index (χ0n) is 28.2. The van der Waals surface area contributed by atoms with Crippen LogP contribution in [0.2, 0.25) is 0 Å². The zero-order valence-corrected chi connectivity index (χ0v) is 29.7. The summed E-state index contributed by atoms with van der Waals surface area (Å²) in [6.07, 6.45) is 10.3. The second-order valence-electron chi connectivity index (χ2n) is 9.54. The van der Waals surface area contributed by atoms with Crippen molar-refractivity contribution < 1.29 is 81.2 Å². The van der Waals surface area contributed by atoms with Gasteiger partial charge in [0.25, 0.3) is 0 Å². The number of hydrogen-bond acceptors (Lipinski definition) is 12. The summed E-state index contributed by atoms with van der Waals surface area (Å²) in [5.74, 6) is 0.861. The first-order valence-corrected chi connectivity index (χ1v) is 15.1. The van der Waals surface area contributed by atoms with Gasteiger partial charge in [-0.05, 0) is 25.7 Å². The molecule has 0 N–H and O–H groups in total. The first-order chi connectivity index (χ1) is 21.4. The van der Waals surface area contributed by atoms with Crippen molar-refractivity contribution in [3.05, 3.63) is 50.6 Å². The molecule has 12 nitrogen and oxygen atoms in total. The van der Waals surface area contributed by atoms with Crippen LogP contribution in [0.15, 0.2) is 50.6 Å². The summed E-state index contributed by atoms with van der Waals surface area (Å²) in [5.41, 5.74) is 0. The van der Waals surface area contributed by atoms with E-state index < -0.39 is 0 Å². The summed E-state index contributed by atoms with van der Waals surface area (Å²) >= 11 is 0. The van der Waals surface area contributed by atoms with Crippen molar-refractivity contribution >= 4 is 0 Å². The minimum absolute atomic E-state index is 0. The van der Waals surface area contributed by atoms with Gasteiger partial charge in [0.15, 0.2) is 0 Å². The molecule has 13 heteroatoms. The molecule has 4 atom stereocenters. The molecule has 0 aromatic rings. The van der Waals surface area contributed by atoms with Gasteiger partial charge < -0.3 is 59.5 Å². The average molecular weight is 685 g/mol. The van der Waals surface area contributed by atoms with Crippen LogP contribution in [0, 0.1) is 23.7 Å². The molecule has 0 saturated carbocycles. The maximum atomic E-state index is 9.76. The van der Waals surface area contributed by atoms with Crippen LogP contribution in [0.25, 0.3) is 0 Å². The second kappa shape index (κ2) is 50.1. The molecule has 0 aliphatic carbocycles. The van der Waals surface area contributed by atoms with Gasteiger partial charge in [-0.2, -0.15) is 0 Å². The maximum Gasteiger partial charge on any atom is 4.00 e. The molecule has 0 aliphatic rings. The molecular formula is C32H60O12Ti. The summed E-state index contributed by atoms with van der Waals surface area (Å²) in [7, 11) is 0. The molecule has 0 rings (SSSR count). The van der Waals surface area contributed by atoms with Crippen molar-refractivity contribution in [2.24, 2.45) is 23.7 Å². The van der Waals surface area contributed by atoms with Crippen LogP contribution in [0.3, 0.4) is 0 Å². The van der Waals surface area contributed by atoms with E-state index in [1.54, 1.807) is 24.3 Å². The third kappa shape index (κ3) is 47.7. The summed E-state index contributed by atoms with van der Waals surface area (Å²) < 4.78 is 20.6. The van der Waals surface area contributed by atoms with Gasteiger partial charge in [-0.15, -0.1) is 26.3 Å². The molecule has 0 aliphatic heterocycles. The normalized spacial score (nSPS) is 12.6. The molecule has 0 heterocycles. The predicted molar refractivity (Wildman–Crippen MR) is 163 cm³/mol. The number of hydrogen-bond donors (Lipinski definition) is 0. The Bertz CT molecular complexity index is 476. The van der Waals surface area contributed by atoms with Gasteiger partial charge in [0.1, 0.15) is 0 Å². The fourth-order valence-corrected chi connectivity index (χ4v) is 2.79. The fraction of sp³-hybridized carbons (Fsp3) is 0.750. The Morgan fingerprint density at radius 2 is 0.578 bits per heavy atom. The molecule has 0 aromatic carbocycles. The van der Waals surface area contributed by atoms with Crippen LogP contribution < -0.4 is 21.0 Å². The molecule has 0 fully saturated rings. The first kappa shape index (κ1) is 53.7. The Balaban J connectivity index is -0.000000157. The van der Waals surface area contributed by atoms with E-state index in [-0.39, 0.29) is 71.8 Å². The predicted octanol–water partition coefficient (Wildman–Crippen LogP) is 2.03. The van der Waals surface area contributed by atoms with Gasteiger partial charge in [-0.3, -0.25) is 0 Å². The van der Waals surface area contributed by atoms with Crippen LogP contribution >= 0.6 is 0 Å². The van der Waals surface area contributed by atoms with Crippen LogP contribution in [0.5, 0.6) is 0 Å². The van der Waals surface area contributed by atoms with Gasteiger partial charge in [0.05, 0.1) is 52.9 Å². The first-order valence-electron chi connectivity index (χ1n) is 15.1. The molecule has 0 spiro atoms. The summed E-state index contributed by atoms with van der Waals surface area (Å²) in [5, 5.41) is 39.0. The topological polar surface area (TPSA) is 166 Å². The second-order valence-corrected chi connectivity index (χ2v) is 9.54. The van der Waals surface area contributed by atoms with Crippen LogP contribution in [0.4, 0.5) is 0 Å². The minimum atomic E-state index is 0. The van der Waals surface area contributed by atoms with Gasteiger partial charge >= 0.3 is 21.7 Å². The van der Waals surface area contributed by atoms with E-state index in [1.807, 2.05) is 27.7 Å². The number of ether oxygens (including phenoxy) is 4. The average Bonchev–Trinajstić information content (AvgIpc) is 3.04.